The van der Waals surface area contributed by atoms with Crippen molar-refractivity contribution in [2.75, 3.05) is 0 Å². The predicted molar refractivity (Wildman–Crippen MR) is 80.3 cm³/mol. The second kappa shape index (κ2) is 6.44. The van der Waals surface area contributed by atoms with Gasteiger partial charge in [-0.3, -0.25) is 0 Å². The first kappa shape index (κ1) is 15.1. The molecule has 0 aliphatic rings. The Morgan fingerprint density at radius 1 is 1.20 bits per heavy atom. The molecule has 5 heteroatoms. The number of ether oxygens (including phenoxy) is 1. The summed E-state index contributed by atoms with van der Waals surface area (Å²) in [5.41, 5.74) is 6.71. The number of para-hydroxylation sites is 1. The van der Waals surface area contributed by atoms with Gasteiger partial charge in [0, 0.05) is 12.1 Å². The highest BCUT2D eigenvalue weighted by Crippen LogP contribution is 2.34. The molecule has 0 fully saturated rings. The fraction of sp³-hybridized carbons (Fsp3) is 0.200. The highest BCUT2D eigenvalue weighted by atomic mass is 35.5. The Morgan fingerprint density at radius 3 is 2.60 bits per heavy atom. The van der Waals surface area contributed by atoms with Gasteiger partial charge in [0.2, 0.25) is 0 Å². The molecule has 2 aromatic carbocycles. The third-order valence-electron chi connectivity index (χ3n) is 2.70. The van der Waals surface area contributed by atoms with Gasteiger partial charge in [-0.2, -0.15) is 0 Å². The maximum Gasteiger partial charge on any atom is 0.149 e. The van der Waals surface area contributed by atoms with Crippen LogP contribution in [0, 0.1) is 5.82 Å². The zero-order chi connectivity index (χ0) is 14.7. The zero-order valence-corrected chi connectivity index (χ0v) is 12.4. The number of nitrogens with two attached hydrogens (primary N) is 1. The van der Waals surface area contributed by atoms with Crippen molar-refractivity contribution in [2.45, 2.75) is 19.4 Å². The summed E-state index contributed by atoms with van der Waals surface area (Å²) in [5, 5.41) is 0.479. The quantitative estimate of drug-likeness (QED) is 0.878. The number of hydrogen-bond donors (Lipinski definition) is 1. The molecular formula is C15H14Cl2FNO. The number of hydrogen-bond acceptors (Lipinski definition) is 2. The normalized spacial score (nSPS) is 12.2. The smallest absolute Gasteiger partial charge is 0.149 e. The monoisotopic (exact) mass is 313 g/mol. The van der Waals surface area contributed by atoms with Gasteiger partial charge in [0.25, 0.3) is 0 Å². The molecule has 0 amide bonds. The molecule has 2 rings (SSSR count). The van der Waals surface area contributed by atoms with Crippen LogP contribution in [0.3, 0.4) is 0 Å². The van der Waals surface area contributed by atoms with E-state index in [1.807, 2.05) is 19.1 Å². The zero-order valence-electron chi connectivity index (χ0n) is 10.9. The van der Waals surface area contributed by atoms with E-state index in [1.165, 1.54) is 18.2 Å². The molecule has 2 N–H and O–H groups in total. The summed E-state index contributed by atoms with van der Waals surface area (Å²) in [6.45, 7) is 1.90. The van der Waals surface area contributed by atoms with E-state index in [2.05, 4.69) is 0 Å². The summed E-state index contributed by atoms with van der Waals surface area (Å²) < 4.78 is 18.9. The minimum absolute atomic E-state index is 0.00305. The van der Waals surface area contributed by atoms with E-state index >= 15 is 0 Å². The SMILES string of the molecule is CC(N)Cc1cccc(Cl)c1Oc1ccc(F)c(Cl)c1. The van der Waals surface area contributed by atoms with Crippen LogP contribution in [0.25, 0.3) is 0 Å². The second-order valence-electron chi connectivity index (χ2n) is 4.59. The fourth-order valence-corrected chi connectivity index (χ4v) is 2.24. The lowest BCUT2D eigenvalue weighted by Gasteiger charge is -2.14. The van der Waals surface area contributed by atoms with E-state index in [0.29, 0.717) is 22.9 Å². The van der Waals surface area contributed by atoms with Crippen LogP contribution in [-0.2, 0) is 6.42 Å². The summed E-state index contributed by atoms with van der Waals surface area (Å²) >= 11 is 11.9. The standard InChI is InChI=1S/C15H14Cl2FNO/c1-9(19)7-10-3-2-4-12(16)15(10)20-11-5-6-14(18)13(17)8-11/h2-6,8-9H,7,19H2,1H3. The molecule has 0 aliphatic heterocycles. The molecule has 106 valence electrons. The van der Waals surface area contributed by atoms with E-state index in [1.54, 1.807) is 6.07 Å². The molecule has 0 radical (unpaired) electrons. The minimum Gasteiger partial charge on any atom is -0.455 e. The van der Waals surface area contributed by atoms with Gasteiger partial charge in [0.05, 0.1) is 10.0 Å². The van der Waals surface area contributed by atoms with Crippen LogP contribution in [0.2, 0.25) is 10.0 Å². The van der Waals surface area contributed by atoms with Gasteiger partial charge in [-0.25, -0.2) is 4.39 Å². The summed E-state index contributed by atoms with van der Waals surface area (Å²) in [5.74, 6) is 0.457. The molecule has 0 aliphatic carbocycles. The highest BCUT2D eigenvalue weighted by Gasteiger charge is 2.12. The minimum atomic E-state index is -0.492. The maximum absolute atomic E-state index is 13.1. The fourth-order valence-electron chi connectivity index (χ4n) is 1.83. The Morgan fingerprint density at radius 2 is 1.95 bits per heavy atom. The third-order valence-corrected chi connectivity index (χ3v) is 3.29. The van der Waals surface area contributed by atoms with Crippen molar-refractivity contribution in [1.82, 2.24) is 0 Å². The van der Waals surface area contributed by atoms with Crippen molar-refractivity contribution in [3.63, 3.8) is 0 Å². The van der Waals surface area contributed by atoms with Gasteiger partial charge in [-0.1, -0.05) is 35.3 Å². The van der Waals surface area contributed by atoms with Crippen LogP contribution in [-0.4, -0.2) is 6.04 Å². The molecule has 2 aromatic rings. The Balaban J connectivity index is 2.34. The molecule has 20 heavy (non-hydrogen) atoms. The molecule has 1 atom stereocenters. The van der Waals surface area contributed by atoms with Crippen molar-refractivity contribution >= 4 is 23.2 Å². The summed E-state index contributed by atoms with van der Waals surface area (Å²) in [6, 6.07) is 9.61. The summed E-state index contributed by atoms with van der Waals surface area (Å²) in [4.78, 5) is 0. The summed E-state index contributed by atoms with van der Waals surface area (Å²) in [7, 11) is 0. The maximum atomic E-state index is 13.1. The predicted octanol–water partition coefficient (Wildman–Crippen LogP) is 4.81. The van der Waals surface area contributed by atoms with Crippen molar-refractivity contribution in [3.8, 4) is 11.5 Å². The van der Waals surface area contributed by atoms with Crippen LogP contribution < -0.4 is 10.5 Å². The molecule has 0 heterocycles. The molecule has 2 nitrogen and oxygen atoms in total. The lowest BCUT2D eigenvalue weighted by Crippen LogP contribution is -2.18. The molecular weight excluding hydrogens is 300 g/mol. The van der Waals surface area contributed by atoms with E-state index < -0.39 is 5.82 Å². The van der Waals surface area contributed by atoms with Crippen LogP contribution in [0.4, 0.5) is 4.39 Å². The number of halogens is 3. The van der Waals surface area contributed by atoms with Crippen LogP contribution in [0.5, 0.6) is 11.5 Å². The molecule has 0 spiro atoms. The number of rotatable bonds is 4. The first-order valence-electron chi connectivity index (χ1n) is 6.13. The van der Waals surface area contributed by atoms with Gasteiger partial charge < -0.3 is 10.5 Å². The molecule has 0 aromatic heterocycles. The lowest BCUT2D eigenvalue weighted by atomic mass is 10.1. The van der Waals surface area contributed by atoms with E-state index in [0.717, 1.165) is 5.56 Å². The molecule has 0 saturated carbocycles. The third kappa shape index (κ3) is 3.63. The van der Waals surface area contributed by atoms with Crippen LogP contribution >= 0.6 is 23.2 Å². The van der Waals surface area contributed by atoms with Gasteiger partial charge in [0.15, 0.2) is 0 Å². The molecule has 0 bridgehead atoms. The average molecular weight is 314 g/mol. The topological polar surface area (TPSA) is 35.2 Å². The van der Waals surface area contributed by atoms with Crippen molar-refractivity contribution < 1.29 is 9.13 Å². The van der Waals surface area contributed by atoms with Gasteiger partial charge in [0.1, 0.15) is 17.3 Å². The highest BCUT2D eigenvalue weighted by molar-refractivity contribution is 6.32. The Hall–Kier alpha value is -1.29. The van der Waals surface area contributed by atoms with Gasteiger partial charge in [-0.05, 0) is 37.1 Å². The Labute approximate surface area is 127 Å². The largest absolute Gasteiger partial charge is 0.455 e. The van der Waals surface area contributed by atoms with Crippen LogP contribution in [0.1, 0.15) is 12.5 Å². The van der Waals surface area contributed by atoms with Gasteiger partial charge >= 0.3 is 0 Å². The average Bonchev–Trinajstić information content (AvgIpc) is 2.37. The first-order chi connectivity index (χ1) is 9.47. The van der Waals surface area contributed by atoms with Crippen LogP contribution in [0.15, 0.2) is 36.4 Å². The summed E-state index contributed by atoms with van der Waals surface area (Å²) in [6.07, 6.45) is 0.630. The van der Waals surface area contributed by atoms with Crippen molar-refractivity contribution in [1.29, 1.82) is 0 Å². The van der Waals surface area contributed by atoms with E-state index in [4.69, 9.17) is 33.7 Å². The Bertz CT molecular complexity index is 617. The second-order valence-corrected chi connectivity index (χ2v) is 5.40. The van der Waals surface area contributed by atoms with Crippen molar-refractivity contribution in [3.05, 3.63) is 57.8 Å². The van der Waals surface area contributed by atoms with E-state index in [9.17, 15) is 4.39 Å². The van der Waals surface area contributed by atoms with Gasteiger partial charge in [-0.15, -0.1) is 0 Å². The number of benzene rings is 2. The molecule has 1 unspecified atom stereocenters. The first-order valence-corrected chi connectivity index (χ1v) is 6.89. The Kier molecular flexibility index (Phi) is 4.86. The lowest BCUT2D eigenvalue weighted by molar-refractivity contribution is 0.472. The molecule has 0 saturated heterocycles. The van der Waals surface area contributed by atoms with Crippen molar-refractivity contribution in [2.24, 2.45) is 5.73 Å². The van der Waals surface area contributed by atoms with E-state index in [-0.39, 0.29) is 11.1 Å².